The number of epoxide rings is 2. The highest BCUT2D eigenvalue weighted by molar-refractivity contribution is 4.90. The Morgan fingerprint density at radius 2 is 0.853 bits per heavy atom. The van der Waals surface area contributed by atoms with Crippen LogP contribution >= 0.6 is 0 Å². The molecule has 4 aliphatic carbocycles. The maximum atomic E-state index is 11.1. The Hall–Kier alpha value is -0.480. The summed E-state index contributed by atoms with van der Waals surface area (Å²) in [6.45, 7) is 23.7. The maximum Gasteiger partial charge on any atom is 0.104 e. The quantitative estimate of drug-likeness (QED) is 0.0665. The third-order valence-corrected chi connectivity index (χ3v) is 17.7. The van der Waals surface area contributed by atoms with Crippen LogP contribution in [0.1, 0.15) is 190 Å². The highest BCUT2D eigenvalue weighted by Gasteiger charge is 2.40. The topological polar surface area (TPSA) is 128 Å². The third-order valence-electron chi connectivity index (χ3n) is 17.7. The highest BCUT2D eigenvalue weighted by Crippen LogP contribution is 2.38. The first-order valence-electron chi connectivity index (χ1n) is 28.3. The number of aliphatic hydroxyl groups excluding tert-OH is 1. The molecule has 3 aliphatic heterocycles. The largest absolute Gasteiger partial charge is 0.391 e. The van der Waals surface area contributed by atoms with Crippen LogP contribution < -0.4 is 0 Å². The molecule has 8 unspecified atom stereocenters. The van der Waals surface area contributed by atoms with E-state index in [0.717, 1.165) is 175 Å². The van der Waals surface area contributed by atoms with Crippen LogP contribution in [0.25, 0.3) is 0 Å². The smallest absolute Gasteiger partial charge is 0.104 e. The van der Waals surface area contributed by atoms with Crippen LogP contribution in [0.5, 0.6) is 0 Å². The minimum Gasteiger partial charge on any atom is -0.391 e. The summed E-state index contributed by atoms with van der Waals surface area (Å²) >= 11 is 0. The van der Waals surface area contributed by atoms with Gasteiger partial charge in [-0.25, -0.2) is 0 Å². The Labute approximate surface area is 413 Å². The van der Waals surface area contributed by atoms with E-state index in [2.05, 4.69) is 48.5 Å². The second-order valence-electron chi connectivity index (χ2n) is 24.1. The first-order valence-corrected chi connectivity index (χ1v) is 28.3. The molecule has 8 atom stereocenters. The van der Waals surface area contributed by atoms with E-state index in [4.69, 9.17) is 52.1 Å². The lowest BCUT2D eigenvalue weighted by Crippen LogP contribution is -2.43. The number of hydrogen-bond acceptors (Lipinski definition) is 12. The Morgan fingerprint density at radius 3 is 1.25 bits per heavy atom. The molecule has 0 aromatic heterocycles. The van der Waals surface area contributed by atoms with Gasteiger partial charge in [-0.3, -0.25) is 0 Å². The van der Waals surface area contributed by atoms with Crippen molar-refractivity contribution in [2.24, 2.45) is 23.7 Å². The fraction of sp³-hybridized carbons (Fsp3) is 1.00. The minimum atomic E-state index is -0.528. The van der Waals surface area contributed by atoms with Gasteiger partial charge in [0.1, 0.15) is 12.2 Å². The molecular formula is C56H100O12. The summed E-state index contributed by atoms with van der Waals surface area (Å²) < 4.78 is 68.4. The van der Waals surface area contributed by atoms with Crippen molar-refractivity contribution in [3.05, 3.63) is 0 Å². The van der Waals surface area contributed by atoms with E-state index >= 15 is 0 Å². The van der Waals surface area contributed by atoms with Gasteiger partial charge in [0, 0.05) is 19.3 Å². The zero-order valence-corrected chi connectivity index (χ0v) is 44.2. The van der Waals surface area contributed by atoms with E-state index in [1.54, 1.807) is 0 Å². The van der Waals surface area contributed by atoms with Gasteiger partial charge in [0.15, 0.2) is 0 Å². The summed E-state index contributed by atoms with van der Waals surface area (Å²) in [7, 11) is 0. The standard InChI is InChI=1S/C56H100O12/c1-8-53(4,65-29-41-13-23-48(24-14-41)60-35-51-37-62-51)27-45(57)33-58-46-19-11-42(12-20-46)30-66-54(5,9-2)39-55(6,10-3)67-31-43-15-21-47(22-16-43)59-34-50-28-56(7,40-64-50)68-32-44-17-25-49(26-18-44)61-36-52-38-63-52/h41-52,57H,8-40H2,1-7H3. The van der Waals surface area contributed by atoms with E-state index in [1.807, 2.05) is 0 Å². The summed E-state index contributed by atoms with van der Waals surface area (Å²) in [6.07, 6.45) is 24.5. The molecule has 0 spiro atoms. The van der Waals surface area contributed by atoms with Crippen molar-refractivity contribution in [3.63, 3.8) is 0 Å². The Morgan fingerprint density at radius 1 is 0.485 bits per heavy atom. The lowest BCUT2D eigenvalue weighted by Gasteiger charge is -2.41. The van der Waals surface area contributed by atoms with Crippen LogP contribution in [0.2, 0.25) is 0 Å². The van der Waals surface area contributed by atoms with Crippen LogP contribution in [0.4, 0.5) is 0 Å². The predicted octanol–water partition coefficient (Wildman–Crippen LogP) is 10.3. The van der Waals surface area contributed by atoms with Gasteiger partial charge in [0.05, 0.1) is 132 Å². The third kappa shape index (κ3) is 18.8. The molecule has 7 fully saturated rings. The highest BCUT2D eigenvalue weighted by atomic mass is 16.6. The molecule has 0 aromatic rings. The molecule has 1 N–H and O–H groups in total. The van der Waals surface area contributed by atoms with Crippen molar-refractivity contribution in [2.75, 3.05) is 72.7 Å². The van der Waals surface area contributed by atoms with Gasteiger partial charge in [0.25, 0.3) is 0 Å². The van der Waals surface area contributed by atoms with E-state index < -0.39 is 6.10 Å². The molecule has 396 valence electrons. The van der Waals surface area contributed by atoms with E-state index in [0.29, 0.717) is 80.4 Å². The lowest BCUT2D eigenvalue weighted by molar-refractivity contribution is -0.137. The molecule has 12 heteroatoms. The average molecular weight is 965 g/mol. The molecule has 0 amide bonds. The summed E-state index contributed by atoms with van der Waals surface area (Å²) in [4.78, 5) is 0. The van der Waals surface area contributed by atoms with Crippen LogP contribution in [0, 0.1) is 23.7 Å². The normalized spacial score (nSPS) is 37.5. The van der Waals surface area contributed by atoms with Crippen molar-refractivity contribution >= 4 is 0 Å². The number of hydrogen-bond donors (Lipinski definition) is 1. The second-order valence-corrected chi connectivity index (χ2v) is 24.1. The molecule has 7 aliphatic rings. The first-order chi connectivity index (χ1) is 32.7. The fourth-order valence-corrected chi connectivity index (χ4v) is 11.8. The lowest BCUT2D eigenvalue weighted by atomic mass is 9.84. The summed E-state index contributed by atoms with van der Waals surface area (Å²) in [5, 5.41) is 11.1. The van der Waals surface area contributed by atoms with Crippen molar-refractivity contribution in [1.29, 1.82) is 0 Å². The van der Waals surface area contributed by atoms with Crippen molar-refractivity contribution < 1.29 is 57.2 Å². The molecule has 12 nitrogen and oxygen atoms in total. The molecule has 0 radical (unpaired) electrons. The van der Waals surface area contributed by atoms with Gasteiger partial charge in [-0.05, 0) is 173 Å². The Bertz CT molecular complexity index is 1400. The number of ether oxygens (including phenoxy) is 11. The second kappa shape index (κ2) is 26.6. The van der Waals surface area contributed by atoms with E-state index in [-0.39, 0.29) is 34.6 Å². The molecular weight excluding hydrogens is 865 g/mol. The first kappa shape index (κ1) is 55.3. The van der Waals surface area contributed by atoms with Crippen molar-refractivity contribution in [1.82, 2.24) is 0 Å². The maximum absolute atomic E-state index is 11.1. The number of rotatable bonds is 31. The monoisotopic (exact) mass is 965 g/mol. The Kier molecular flexibility index (Phi) is 21.7. The van der Waals surface area contributed by atoms with Gasteiger partial charge >= 0.3 is 0 Å². The van der Waals surface area contributed by atoms with Gasteiger partial charge in [-0.1, -0.05) is 20.8 Å². The molecule has 0 bridgehead atoms. The van der Waals surface area contributed by atoms with Crippen molar-refractivity contribution in [2.45, 2.75) is 261 Å². The van der Waals surface area contributed by atoms with Crippen LogP contribution in [0.3, 0.4) is 0 Å². The molecule has 3 heterocycles. The van der Waals surface area contributed by atoms with Crippen LogP contribution in [0.15, 0.2) is 0 Å². The molecule has 7 rings (SSSR count). The van der Waals surface area contributed by atoms with E-state index in [9.17, 15) is 5.11 Å². The van der Waals surface area contributed by atoms with Crippen molar-refractivity contribution in [3.8, 4) is 0 Å². The Balaban J connectivity index is 0.710. The van der Waals surface area contributed by atoms with Gasteiger partial charge in [-0.2, -0.15) is 0 Å². The van der Waals surface area contributed by atoms with Crippen LogP contribution in [-0.2, 0) is 52.1 Å². The summed E-state index contributed by atoms with van der Waals surface area (Å²) in [6, 6.07) is 0. The van der Waals surface area contributed by atoms with Gasteiger partial charge in [-0.15, -0.1) is 0 Å². The zero-order valence-electron chi connectivity index (χ0n) is 44.2. The molecule has 4 saturated carbocycles. The van der Waals surface area contributed by atoms with Gasteiger partial charge < -0.3 is 57.2 Å². The minimum absolute atomic E-state index is 0.109. The molecule has 68 heavy (non-hydrogen) atoms. The summed E-state index contributed by atoms with van der Waals surface area (Å²) in [5.74, 6) is 2.29. The molecule has 0 aromatic carbocycles. The molecule has 3 saturated heterocycles. The predicted molar refractivity (Wildman–Crippen MR) is 264 cm³/mol. The SMILES string of the molecule is CCC(C)(CC(O)COC1CCC(COC(C)(CC)CC(C)(CC)OCC2CCC(OCC3CC(C)(OCC4CCC(OCC5CO5)CC4)CO3)CC2)CC1)OCC1CCC(OCC2CO2)CC1. The van der Waals surface area contributed by atoms with Gasteiger partial charge in [0.2, 0.25) is 0 Å². The summed E-state index contributed by atoms with van der Waals surface area (Å²) in [5.41, 5.74) is -1.02. The van der Waals surface area contributed by atoms with E-state index in [1.165, 1.54) is 12.8 Å². The average Bonchev–Trinajstić information content (AvgIpc) is 4.32. The fourth-order valence-electron chi connectivity index (χ4n) is 11.8. The zero-order chi connectivity index (χ0) is 48.0. The van der Waals surface area contributed by atoms with Crippen LogP contribution in [-0.4, -0.2) is 149 Å². The number of aliphatic hydroxyl groups is 1.